The Labute approximate surface area is 112 Å². The van der Waals surface area contributed by atoms with Gasteiger partial charge in [0.1, 0.15) is 0 Å². The molecule has 0 saturated carbocycles. The molecule has 0 aliphatic rings. The number of halogens is 1. The number of pyridine rings is 1. The van der Waals surface area contributed by atoms with Gasteiger partial charge in [-0.15, -0.1) is 12.4 Å². The van der Waals surface area contributed by atoms with Crippen molar-refractivity contribution in [3.05, 3.63) is 48.9 Å². The highest BCUT2D eigenvalue weighted by Gasteiger charge is 2.02. The van der Waals surface area contributed by atoms with Crippen molar-refractivity contribution in [2.75, 3.05) is 5.73 Å². The number of fused-ring (bicyclic) bond motifs is 1. The lowest BCUT2D eigenvalue weighted by atomic mass is 10.1. The number of aromatic nitrogens is 2. The maximum atomic E-state index is 5.75. The molecule has 2 N–H and O–H groups in total. The zero-order chi connectivity index (χ0) is 11.8. The molecule has 0 atom stereocenters. The van der Waals surface area contributed by atoms with Crippen LogP contribution in [-0.4, -0.2) is 9.55 Å². The van der Waals surface area contributed by atoms with Crippen molar-refractivity contribution in [3.63, 3.8) is 0 Å². The average molecular weight is 260 g/mol. The van der Waals surface area contributed by atoms with Crippen LogP contribution in [-0.2, 0) is 7.05 Å². The highest BCUT2D eigenvalue weighted by molar-refractivity contribution is 5.86. The zero-order valence-corrected chi connectivity index (χ0v) is 10.8. The van der Waals surface area contributed by atoms with Crippen LogP contribution in [0.3, 0.4) is 0 Å². The second kappa shape index (κ2) is 4.70. The lowest BCUT2D eigenvalue weighted by Crippen LogP contribution is -1.88. The highest BCUT2D eigenvalue weighted by Crippen LogP contribution is 2.25. The van der Waals surface area contributed by atoms with Crippen LogP contribution in [0.15, 0.2) is 48.9 Å². The molecule has 4 heteroatoms. The fourth-order valence-electron chi connectivity index (χ4n) is 2.08. The molecule has 3 nitrogen and oxygen atoms in total. The first-order valence-electron chi connectivity index (χ1n) is 5.50. The largest absolute Gasteiger partial charge is 0.397 e. The van der Waals surface area contributed by atoms with Crippen molar-refractivity contribution in [3.8, 4) is 11.1 Å². The van der Waals surface area contributed by atoms with Gasteiger partial charge in [0.05, 0.1) is 5.69 Å². The molecule has 3 aromatic rings. The van der Waals surface area contributed by atoms with Crippen LogP contribution >= 0.6 is 12.4 Å². The predicted molar refractivity (Wildman–Crippen MR) is 77.8 cm³/mol. The van der Waals surface area contributed by atoms with E-state index in [-0.39, 0.29) is 12.4 Å². The minimum absolute atomic E-state index is 0. The molecule has 0 unspecified atom stereocenters. The Hall–Kier alpha value is -2.00. The number of rotatable bonds is 1. The topological polar surface area (TPSA) is 43.8 Å². The third kappa shape index (κ3) is 2.05. The molecule has 0 spiro atoms. The smallest absolute Gasteiger partial charge is 0.0506 e. The number of benzene rings is 1. The number of nitrogens with two attached hydrogens (primary N) is 1. The quantitative estimate of drug-likeness (QED) is 0.729. The van der Waals surface area contributed by atoms with Gasteiger partial charge in [0, 0.05) is 42.1 Å². The molecule has 0 radical (unpaired) electrons. The van der Waals surface area contributed by atoms with E-state index in [1.165, 1.54) is 10.9 Å². The van der Waals surface area contributed by atoms with Crippen LogP contribution in [0.25, 0.3) is 22.0 Å². The Balaban J connectivity index is 0.00000120. The van der Waals surface area contributed by atoms with Gasteiger partial charge in [-0.1, -0.05) is 6.07 Å². The molecule has 0 aliphatic heterocycles. The molecule has 0 aliphatic carbocycles. The molecular weight excluding hydrogens is 246 g/mol. The van der Waals surface area contributed by atoms with E-state index in [0.29, 0.717) is 5.69 Å². The van der Waals surface area contributed by atoms with E-state index in [1.54, 1.807) is 6.20 Å². The van der Waals surface area contributed by atoms with Gasteiger partial charge in [-0.05, 0) is 29.8 Å². The second-order valence-electron chi connectivity index (χ2n) is 4.21. The molecule has 2 heterocycles. The van der Waals surface area contributed by atoms with Crippen molar-refractivity contribution < 1.29 is 0 Å². The van der Waals surface area contributed by atoms with E-state index in [4.69, 9.17) is 5.73 Å². The van der Waals surface area contributed by atoms with Gasteiger partial charge in [-0.25, -0.2) is 0 Å². The summed E-state index contributed by atoms with van der Waals surface area (Å²) in [7, 11) is 2.05. The number of aryl methyl sites for hydroxylation is 1. The Kier molecular flexibility index (Phi) is 3.26. The van der Waals surface area contributed by atoms with E-state index < -0.39 is 0 Å². The molecule has 2 aromatic heterocycles. The van der Waals surface area contributed by atoms with E-state index in [9.17, 15) is 0 Å². The summed E-state index contributed by atoms with van der Waals surface area (Å²) in [5.41, 5.74) is 9.86. The zero-order valence-electron chi connectivity index (χ0n) is 10.00. The molecule has 0 amide bonds. The first-order chi connectivity index (χ1) is 8.24. The normalized spacial score (nSPS) is 10.3. The van der Waals surface area contributed by atoms with Crippen LogP contribution in [0.5, 0.6) is 0 Å². The summed E-state index contributed by atoms with van der Waals surface area (Å²) in [6.45, 7) is 0. The van der Waals surface area contributed by atoms with Crippen molar-refractivity contribution in [1.82, 2.24) is 9.55 Å². The second-order valence-corrected chi connectivity index (χ2v) is 4.21. The molecule has 0 fully saturated rings. The van der Waals surface area contributed by atoms with Gasteiger partial charge in [-0.3, -0.25) is 4.98 Å². The molecule has 3 rings (SSSR count). The Bertz CT molecular complexity index is 688. The fraction of sp³-hybridized carbons (Fsp3) is 0.0714. The van der Waals surface area contributed by atoms with Gasteiger partial charge >= 0.3 is 0 Å². The standard InChI is InChI=1S/C14H13N3.ClH/c1-17-5-4-11-6-10(2-3-14(11)17)12-7-13(15)9-16-8-12;/h2-9H,15H2,1H3;1H. The van der Waals surface area contributed by atoms with E-state index >= 15 is 0 Å². The first kappa shape index (κ1) is 12.5. The molecule has 0 bridgehead atoms. The van der Waals surface area contributed by atoms with Crippen LogP contribution in [0.4, 0.5) is 5.69 Å². The number of hydrogen-bond donors (Lipinski definition) is 1. The minimum atomic E-state index is 0. The minimum Gasteiger partial charge on any atom is -0.397 e. The van der Waals surface area contributed by atoms with Crippen LogP contribution < -0.4 is 5.73 Å². The Morgan fingerprint density at radius 1 is 1.06 bits per heavy atom. The van der Waals surface area contributed by atoms with E-state index in [1.807, 2.05) is 19.3 Å². The lowest BCUT2D eigenvalue weighted by molar-refractivity contribution is 0.969. The number of nitrogens with zero attached hydrogens (tertiary/aromatic N) is 2. The summed E-state index contributed by atoms with van der Waals surface area (Å²) in [5.74, 6) is 0. The molecule has 92 valence electrons. The van der Waals surface area contributed by atoms with Crippen molar-refractivity contribution >= 4 is 29.0 Å². The van der Waals surface area contributed by atoms with Gasteiger partial charge < -0.3 is 10.3 Å². The SMILES string of the molecule is Cl.Cn1ccc2cc(-c3cncc(N)c3)ccc21. The fourth-order valence-corrected chi connectivity index (χ4v) is 2.08. The van der Waals surface area contributed by atoms with Crippen molar-refractivity contribution in [2.24, 2.45) is 7.05 Å². The summed E-state index contributed by atoms with van der Waals surface area (Å²) in [4.78, 5) is 4.12. The first-order valence-corrected chi connectivity index (χ1v) is 5.50. The molecule has 0 saturated heterocycles. The summed E-state index contributed by atoms with van der Waals surface area (Å²) in [6.07, 6.45) is 5.55. The molecular formula is C14H14ClN3. The lowest BCUT2D eigenvalue weighted by Gasteiger charge is -2.03. The van der Waals surface area contributed by atoms with Crippen LogP contribution in [0, 0.1) is 0 Å². The number of nitrogen functional groups attached to an aromatic ring is 1. The Morgan fingerprint density at radius 3 is 2.67 bits per heavy atom. The summed E-state index contributed by atoms with van der Waals surface area (Å²) < 4.78 is 2.11. The predicted octanol–water partition coefficient (Wildman–Crippen LogP) is 3.24. The Morgan fingerprint density at radius 2 is 1.89 bits per heavy atom. The molecule has 1 aromatic carbocycles. The van der Waals surface area contributed by atoms with Crippen LogP contribution in [0.1, 0.15) is 0 Å². The third-order valence-corrected chi connectivity index (χ3v) is 2.98. The number of anilines is 1. The van der Waals surface area contributed by atoms with Gasteiger partial charge in [0.2, 0.25) is 0 Å². The highest BCUT2D eigenvalue weighted by atomic mass is 35.5. The molecule has 18 heavy (non-hydrogen) atoms. The van der Waals surface area contributed by atoms with Crippen molar-refractivity contribution in [2.45, 2.75) is 0 Å². The van der Waals surface area contributed by atoms with Gasteiger partial charge in [0.15, 0.2) is 0 Å². The van der Waals surface area contributed by atoms with Gasteiger partial charge in [0.25, 0.3) is 0 Å². The van der Waals surface area contributed by atoms with E-state index in [0.717, 1.165) is 11.1 Å². The monoisotopic (exact) mass is 259 g/mol. The van der Waals surface area contributed by atoms with Crippen molar-refractivity contribution in [1.29, 1.82) is 0 Å². The third-order valence-electron chi connectivity index (χ3n) is 2.98. The number of hydrogen-bond acceptors (Lipinski definition) is 2. The maximum Gasteiger partial charge on any atom is 0.0506 e. The van der Waals surface area contributed by atoms with E-state index in [2.05, 4.69) is 40.0 Å². The van der Waals surface area contributed by atoms with Crippen LogP contribution in [0.2, 0.25) is 0 Å². The average Bonchev–Trinajstić information content (AvgIpc) is 2.71. The summed E-state index contributed by atoms with van der Waals surface area (Å²) >= 11 is 0. The summed E-state index contributed by atoms with van der Waals surface area (Å²) in [6, 6.07) is 10.4. The summed E-state index contributed by atoms with van der Waals surface area (Å²) in [5, 5.41) is 1.23. The van der Waals surface area contributed by atoms with Gasteiger partial charge in [-0.2, -0.15) is 0 Å². The maximum absolute atomic E-state index is 5.75.